The van der Waals surface area contributed by atoms with Crippen LogP contribution in [0.1, 0.15) is 11.7 Å². The first-order valence-electron chi connectivity index (χ1n) is 3.62. The van der Waals surface area contributed by atoms with Gasteiger partial charge in [-0.15, -0.1) is 0 Å². The summed E-state index contributed by atoms with van der Waals surface area (Å²) >= 11 is 5.72. The van der Waals surface area contributed by atoms with Crippen molar-refractivity contribution in [2.45, 2.75) is 6.10 Å². The Morgan fingerprint density at radius 3 is 2.42 bits per heavy atom. The van der Waals surface area contributed by atoms with E-state index in [9.17, 15) is 0 Å². The Kier molecular flexibility index (Phi) is 4.53. The van der Waals surface area contributed by atoms with E-state index in [1.807, 2.05) is 12.1 Å². The SMILES string of the molecule is COC(CI)c1ccc(Br)cc1. The van der Waals surface area contributed by atoms with Crippen LogP contribution in [0.25, 0.3) is 0 Å². The van der Waals surface area contributed by atoms with Crippen molar-refractivity contribution in [2.24, 2.45) is 0 Å². The van der Waals surface area contributed by atoms with Gasteiger partial charge in [-0.1, -0.05) is 50.7 Å². The molecule has 1 aromatic rings. The van der Waals surface area contributed by atoms with Crippen LogP contribution in [-0.4, -0.2) is 11.5 Å². The van der Waals surface area contributed by atoms with Gasteiger partial charge in [-0.05, 0) is 17.7 Å². The lowest BCUT2D eigenvalue weighted by Crippen LogP contribution is -2.01. The van der Waals surface area contributed by atoms with E-state index >= 15 is 0 Å². The molecule has 0 heterocycles. The summed E-state index contributed by atoms with van der Waals surface area (Å²) in [6.45, 7) is 0. The molecule has 1 atom stereocenters. The lowest BCUT2D eigenvalue weighted by atomic mass is 10.1. The normalized spacial score (nSPS) is 12.9. The zero-order chi connectivity index (χ0) is 8.97. The van der Waals surface area contributed by atoms with Crippen LogP contribution in [0.3, 0.4) is 0 Å². The first-order valence-corrected chi connectivity index (χ1v) is 5.94. The van der Waals surface area contributed by atoms with Crippen LogP contribution in [0.2, 0.25) is 0 Å². The number of methoxy groups -OCH3 is 1. The Bertz CT molecular complexity index is 231. The van der Waals surface area contributed by atoms with Gasteiger partial charge in [-0.2, -0.15) is 0 Å². The van der Waals surface area contributed by atoms with E-state index in [-0.39, 0.29) is 6.10 Å². The molecule has 0 N–H and O–H groups in total. The average molecular weight is 341 g/mol. The van der Waals surface area contributed by atoms with Crippen LogP contribution >= 0.6 is 38.5 Å². The summed E-state index contributed by atoms with van der Waals surface area (Å²) in [5, 5.41) is 0. The molecule has 1 rings (SSSR count). The molecule has 0 aliphatic rings. The predicted octanol–water partition coefficient (Wildman–Crippen LogP) is 3.57. The fourth-order valence-electron chi connectivity index (χ4n) is 0.966. The van der Waals surface area contributed by atoms with Crippen LogP contribution in [0.4, 0.5) is 0 Å². The number of hydrogen-bond donors (Lipinski definition) is 0. The molecule has 0 saturated carbocycles. The fourth-order valence-corrected chi connectivity index (χ4v) is 2.10. The molecule has 0 fully saturated rings. The Morgan fingerprint density at radius 1 is 1.42 bits per heavy atom. The summed E-state index contributed by atoms with van der Waals surface area (Å²) < 4.78 is 7.39. The van der Waals surface area contributed by atoms with Crippen LogP contribution < -0.4 is 0 Å². The highest BCUT2D eigenvalue weighted by Gasteiger charge is 2.06. The molecular weight excluding hydrogens is 331 g/mol. The fraction of sp³-hybridized carbons (Fsp3) is 0.333. The highest BCUT2D eigenvalue weighted by Crippen LogP contribution is 2.20. The largest absolute Gasteiger partial charge is 0.376 e. The molecule has 12 heavy (non-hydrogen) atoms. The molecule has 66 valence electrons. The minimum Gasteiger partial charge on any atom is -0.376 e. The van der Waals surface area contributed by atoms with Gasteiger partial charge in [-0.25, -0.2) is 0 Å². The Hall–Kier alpha value is 0.390. The summed E-state index contributed by atoms with van der Waals surface area (Å²) in [5.74, 6) is 0. The summed E-state index contributed by atoms with van der Waals surface area (Å²) in [6.07, 6.45) is 0.221. The molecule has 0 aromatic heterocycles. The second-order valence-corrected chi connectivity index (χ2v) is 4.23. The van der Waals surface area contributed by atoms with E-state index in [2.05, 4.69) is 50.7 Å². The van der Waals surface area contributed by atoms with Gasteiger partial charge in [0.25, 0.3) is 0 Å². The summed E-state index contributed by atoms with van der Waals surface area (Å²) in [4.78, 5) is 0. The van der Waals surface area contributed by atoms with Crippen molar-refractivity contribution in [1.82, 2.24) is 0 Å². The zero-order valence-corrected chi connectivity index (χ0v) is 10.5. The van der Waals surface area contributed by atoms with E-state index in [1.54, 1.807) is 7.11 Å². The number of halogens is 2. The summed E-state index contributed by atoms with van der Waals surface area (Å²) in [6, 6.07) is 8.23. The van der Waals surface area contributed by atoms with E-state index < -0.39 is 0 Å². The molecule has 0 saturated heterocycles. The Morgan fingerprint density at radius 2 is 2.00 bits per heavy atom. The Balaban J connectivity index is 2.80. The van der Waals surface area contributed by atoms with Gasteiger partial charge in [-0.3, -0.25) is 0 Å². The van der Waals surface area contributed by atoms with Crippen molar-refractivity contribution < 1.29 is 4.74 Å². The third kappa shape index (κ3) is 2.71. The highest BCUT2D eigenvalue weighted by molar-refractivity contribution is 14.1. The van der Waals surface area contributed by atoms with Gasteiger partial charge >= 0.3 is 0 Å². The van der Waals surface area contributed by atoms with E-state index in [0.29, 0.717) is 0 Å². The molecule has 0 bridgehead atoms. The van der Waals surface area contributed by atoms with Crippen molar-refractivity contribution in [3.8, 4) is 0 Å². The van der Waals surface area contributed by atoms with Gasteiger partial charge in [0.15, 0.2) is 0 Å². The van der Waals surface area contributed by atoms with Crippen molar-refractivity contribution in [2.75, 3.05) is 11.5 Å². The second kappa shape index (κ2) is 5.19. The minimum atomic E-state index is 0.221. The van der Waals surface area contributed by atoms with Crippen molar-refractivity contribution in [1.29, 1.82) is 0 Å². The number of rotatable bonds is 3. The first kappa shape index (κ1) is 10.5. The lowest BCUT2D eigenvalue weighted by molar-refractivity contribution is 0.126. The van der Waals surface area contributed by atoms with Crippen molar-refractivity contribution >= 4 is 38.5 Å². The molecule has 0 aliphatic heterocycles. The third-order valence-corrected chi connectivity index (χ3v) is 3.00. The predicted molar refractivity (Wildman–Crippen MR) is 62.8 cm³/mol. The molecule has 0 amide bonds. The average Bonchev–Trinajstić information content (AvgIpc) is 2.10. The smallest absolute Gasteiger partial charge is 0.0910 e. The van der Waals surface area contributed by atoms with Gasteiger partial charge in [0, 0.05) is 16.0 Å². The number of ether oxygens (including phenoxy) is 1. The van der Waals surface area contributed by atoms with Gasteiger partial charge in [0.2, 0.25) is 0 Å². The highest BCUT2D eigenvalue weighted by atomic mass is 127. The van der Waals surface area contributed by atoms with Crippen LogP contribution in [0.5, 0.6) is 0 Å². The maximum Gasteiger partial charge on any atom is 0.0910 e. The van der Waals surface area contributed by atoms with Gasteiger partial charge in [0.05, 0.1) is 6.10 Å². The number of hydrogen-bond acceptors (Lipinski definition) is 1. The third-order valence-electron chi connectivity index (χ3n) is 1.67. The first-order chi connectivity index (χ1) is 5.77. The molecular formula is C9H10BrIO. The zero-order valence-electron chi connectivity index (χ0n) is 6.76. The molecule has 1 nitrogen and oxygen atoms in total. The van der Waals surface area contributed by atoms with Crippen LogP contribution in [-0.2, 0) is 4.74 Å². The van der Waals surface area contributed by atoms with Crippen molar-refractivity contribution in [3.63, 3.8) is 0 Å². The molecule has 0 spiro atoms. The maximum atomic E-state index is 5.30. The van der Waals surface area contributed by atoms with Gasteiger partial charge in [0.1, 0.15) is 0 Å². The molecule has 0 radical (unpaired) electrons. The quantitative estimate of drug-likeness (QED) is 0.603. The second-order valence-electron chi connectivity index (χ2n) is 2.43. The van der Waals surface area contributed by atoms with E-state index in [4.69, 9.17) is 4.74 Å². The Labute approximate surface area is 94.8 Å². The molecule has 0 aliphatic carbocycles. The van der Waals surface area contributed by atoms with Crippen LogP contribution in [0, 0.1) is 0 Å². The monoisotopic (exact) mass is 340 g/mol. The minimum absolute atomic E-state index is 0.221. The molecule has 1 aromatic carbocycles. The van der Waals surface area contributed by atoms with E-state index in [0.717, 1.165) is 8.90 Å². The lowest BCUT2D eigenvalue weighted by Gasteiger charge is -2.11. The summed E-state index contributed by atoms with van der Waals surface area (Å²) in [5.41, 5.74) is 1.23. The van der Waals surface area contributed by atoms with Crippen LogP contribution in [0.15, 0.2) is 28.7 Å². The van der Waals surface area contributed by atoms with Gasteiger partial charge < -0.3 is 4.74 Å². The topological polar surface area (TPSA) is 9.23 Å². The number of alkyl halides is 1. The van der Waals surface area contributed by atoms with E-state index in [1.165, 1.54) is 5.56 Å². The molecule has 1 unspecified atom stereocenters. The standard InChI is InChI=1S/C9H10BrIO/c1-12-9(6-11)7-2-4-8(10)5-3-7/h2-5,9H,6H2,1H3. The van der Waals surface area contributed by atoms with Crippen molar-refractivity contribution in [3.05, 3.63) is 34.3 Å². The maximum absolute atomic E-state index is 5.30. The summed E-state index contributed by atoms with van der Waals surface area (Å²) in [7, 11) is 1.74. The molecule has 3 heteroatoms. The number of benzene rings is 1.